The molecule has 1 amide bonds. The van der Waals surface area contributed by atoms with E-state index in [1.165, 1.54) is 23.5 Å². The van der Waals surface area contributed by atoms with E-state index in [-0.39, 0.29) is 23.9 Å². The molecule has 3 aromatic rings. The highest BCUT2D eigenvalue weighted by molar-refractivity contribution is 7.15. The first-order chi connectivity index (χ1) is 14.5. The summed E-state index contributed by atoms with van der Waals surface area (Å²) in [5, 5.41) is 0.818. The van der Waals surface area contributed by atoms with E-state index >= 15 is 0 Å². The minimum atomic E-state index is -0.297. The molecule has 1 aliphatic carbocycles. The number of likely N-dealkylation sites (tertiary alicyclic amines) is 1. The number of aryl methyl sites for hydroxylation is 2. The van der Waals surface area contributed by atoms with E-state index < -0.39 is 0 Å². The number of rotatable bonds is 4. The molecule has 0 radical (unpaired) electrons. The Bertz CT molecular complexity index is 1080. The summed E-state index contributed by atoms with van der Waals surface area (Å²) in [5.41, 5.74) is 2.34. The number of piperidine rings is 1. The second-order valence-corrected chi connectivity index (χ2v) is 9.31. The maximum atomic E-state index is 13.5. The number of hydrogen-bond donors (Lipinski definition) is 0. The quantitative estimate of drug-likeness (QED) is 0.613. The Balaban J connectivity index is 1.39. The monoisotopic (exact) mass is 423 g/mol. The van der Waals surface area contributed by atoms with Crippen LogP contribution in [0.15, 0.2) is 42.6 Å². The Labute approximate surface area is 178 Å². The average Bonchev–Trinajstić information content (AvgIpc) is 3.44. The SMILES string of the molecule is Cc1ccc(OC2CC3CC2N(C(=O)c2nc(C)sc2-c2ccc(F)cc2)C3)nc1. The van der Waals surface area contributed by atoms with Gasteiger partial charge in [0, 0.05) is 18.8 Å². The second kappa shape index (κ2) is 7.47. The van der Waals surface area contributed by atoms with Crippen molar-refractivity contribution in [2.75, 3.05) is 6.54 Å². The molecule has 3 atom stereocenters. The fourth-order valence-corrected chi connectivity index (χ4v) is 5.43. The first-order valence-electron chi connectivity index (χ1n) is 10.1. The maximum Gasteiger partial charge on any atom is 0.274 e. The van der Waals surface area contributed by atoms with Gasteiger partial charge in [-0.2, -0.15) is 0 Å². The van der Waals surface area contributed by atoms with Crippen molar-refractivity contribution >= 4 is 17.2 Å². The first kappa shape index (κ1) is 19.2. The number of carbonyl (C=O) groups excluding carboxylic acids is 1. The van der Waals surface area contributed by atoms with Gasteiger partial charge < -0.3 is 9.64 Å². The van der Waals surface area contributed by atoms with E-state index in [4.69, 9.17) is 4.74 Å². The summed E-state index contributed by atoms with van der Waals surface area (Å²) in [7, 11) is 0. The van der Waals surface area contributed by atoms with Crippen molar-refractivity contribution in [3.63, 3.8) is 0 Å². The third kappa shape index (κ3) is 3.47. The topological polar surface area (TPSA) is 55.3 Å². The molecule has 30 heavy (non-hydrogen) atoms. The Morgan fingerprint density at radius 2 is 1.97 bits per heavy atom. The highest BCUT2D eigenvalue weighted by Gasteiger charge is 2.49. The van der Waals surface area contributed by atoms with Crippen LogP contribution in [0.4, 0.5) is 4.39 Å². The number of hydrogen-bond acceptors (Lipinski definition) is 5. The number of amides is 1. The molecule has 2 fully saturated rings. The summed E-state index contributed by atoms with van der Waals surface area (Å²) in [6.07, 6.45) is 3.61. The van der Waals surface area contributed by atoms with Crippen molar-refractivity contribution in [1.82, 2.24) is 14.9 Å². The molecule has 1 saturated heterocycles. The van der Waals surface area contributed by atoms with Gasteiger partial charge in [-0.15, -0.1) is 11.3 Å². The molecule has 5 nitrogen and oxygen atoms in total. The summed E-state index contributed by atoms with van der Waals surface area (Å²) in [6.45, 7) is 4.60. The van der Waals surface area contributed by atoms with Crippen molar-refractivity contribution in [3.05, 3.63) is 64.7 Å². The second-order valence-electron chi connectivity index (χ2n) is 8.11. The predicted octanol–water partition coefficient (Wildman–Crippen LogP) is 4.64. The summed E-state index contributed by atoms with van der Waals surface area (Å²) >= 11 is 1.46. The third-order valence-electron chi connectivity index (χ3n) is 5.89. The number of benzene rings is 1. The van der Waals surface area contributed by atoms with E-state index in [0.29, 0.717) is 17.5 Å². The van der Waals surface area contributed by atoms with E-state index in [0.717, 1.165) is 40.4 Å². The Kier molecular flexibility index (Phi) is 4.77. The third-order valence-corrected chi connectivity index (χ3v) is 6.91. The van der Waals surface area contributed by atoms with Gasteiger partial charge in [-0.3, -0.25) is 4.79 Å². The molecule has 1 aliphatic heterocycles. The van der Waals surface area contributed by atoms with Gasteiger partial charge in [-0.25, -0.2) is 14.4 Å². The normalized spacial score (nSPS) is 22.5. The van der Waals surface area contributed by atoms with Crippen LogP contribution in [0.3, 0.4) is 0 Å². The zero-order valence-electron chi connectivity index (χ0n) is 16.8. The van der Waals surface area contributed by atoms with E-state index in [2.05, 4.69) is 9.97 Å². The maximum absolute atomic E-state index is 13.5. The zero-order valence-corrected chi connectivity index (χ0v) is 17.7. The van der Waals surface area contributed by atoms with Gasteiger partial charge >= 0.3 is 0 Å². The lowest BCUT2D eigenvalue weighted by Gasteiger charge is -2.33. The standard InChI is InChI=1S/C23H22FN3O2S/c1-13-3-8-20(25-11-13)29-19-10-15-9-18(19)27(12-15)23(28)21-22(30-14(2)26-21)16-4-6-17(24)7-5-16/h3-8,11,15,18-19H,9-10,12H2,1-2H3. The number of aromatic nitrogens is 2. The molecule has 1 aromatic carbocycles. The fourth-order valence-electron chi connectivity index (χ4n) is 4.51. The van der Waals surface area contributed by atoms with Crippen molar-refractivity contribution in [2.24, 2.45) is 5.92 Å². The molecule has 0 N–H and O–H groups in total. The van der Waals surface area contributed by atoms with Gasteiger partial charge in [0.1, 0.15) is 17.6 Å². The van der Waals surface area contributed by atoms with Gasteiger partial charge in [-0.1, -0.05) is 18.2 Å². The number of thiazole rings is 1. The molecule has 1 saturated carbocycles. The number of pyridine rings is 1. The molecular formula is C23H22FN3O2S. The van der Waals surface area contributed by atoms with Crippen molar-refractivity contribution < 1.29 is 13.9 Å². The lowest BCUT2D eigenvalue weighted by Crippen LogP contribution is -2.47. The predicted molar refractivity (Wildman–Crippen MR) is 113 cm³/mol. The average molecular weight is 424 g/mol. The van der Waals surface area contributed by atoms with E-state index in [1.807, 2.05) is 30.9 Å². The lowest BCUT2D eigenvalue weighted by atomic mass is 10.1. The minimum absolute atomic E-state index is 0.0219. The lowest BCUT2D eigenvalue weighted by molar-refractivity contribution is 0.0462. The van der Waals surface area contributed by atoms with Crippen LogP contribution in [0.1, 0.15) is 33.9 Å². The van der Waals surface area contributed by atoms with Crippen LogP contribution in [0.25, 0.3) is 10.4 Å². The molecule has 7 heteroatoms. The summed E-state index contributed by atoms with van der Waals surface area (Å²) in [5.74, 6) is 0.663. The largest absolute Gasteiger partial charge is 0.472 e. The zero-order chi connectivity index (χ0) is 20.8. The fraction of sp³-hybridized carbons (Fsp3) is 0.348. The van der Waals surface area contributed by atoms with Crippen LogP contribution in [-0.2, 0) is 0 Å². The molecule has 2 aromatic heterocycles. The molecule has 0 spiro atoms. The van der Waals surface area contributed by atoms with Gasteiger partial charge in [0.2, 0.25) is 5.88 Å². The summed E-state index contributed by atoms with van der Waals surface area (Å²) in [4.78, 5) is 25.1. The van der Waals surface area contributed by atoms with Crippen LogP contribution in [0.5, 0.6) is 5.88 Å². The highest BCUT2D eigenvalue weighted by Crippen LogP contribution is 2.41. The van der Waals surface area contributed by atoms with Gasteiger partial charge in [-0.05, 0) is 55.9 Å². The first-order valence-corrected chi connectivity index (χ1v) is 10.9. The van der Waals surface area contributed by atoms with Crippen LogP contribution in [0, 0.1) is 25.6 Å². The highest BCUT2D eigenvalue weighted by atomic mass is 32.1. The number of halogens is 1. The molecule has 154 valence electrons. The number of carbonyl (C=O) groups is 1. The van der Waals surface area contributed by atoms with Crippen molar-refractivity contribution in [1.29, 1.82) is 0 Å². The summed E-state index contributed by atoms with van der Waals surface area (Å²) < 4.78 is 19.5. The van der Waals surface area contributed by atoms with E-state index in [1.54, 1.807) is 18.3 Å². The smallest absolute Gasteiger partial charge is 0.274 e. The van der Waals surface area contributed by atoms with Gasteiger partial charge in [0.15, 0.2) is 0 Å². The molecule has 3 heterocycles. The Morgan fingerprint density at radius 1 is 1.17 bits per heavy atom. The van der Waals surface area contributed by atoms with Crippen molar-refractivity contribution in [2.45, 2.75) is 38.8 Å². The van der Waals surface area contributed by atoms with Crippen LogP contribution in [0.2, 0.25) is 0 Å². The number of ether oxygens (including phenoxy) is 1. The number of fused-ring (bicyclic) bond motifs is 2. The van der Waals surface area contributed by atoms with Crippen LogP contribution >= 0.6 is 11.3 Å². The van der Waals surface area contributed by atoms with Gasteiger partial charge in [0.25, 0.3) is 5.91 Å². The van der Waals surface area contributed by atoms with E-state index in [9.17, 15) is 9.18 Å². The molecule has 5 rings (SSSR count). The van der Waals surface area contributed by atoms with Gasteiger partial charge in [0.05, 0.1) is 15.9 Å². The molecule has 3 unspecified atom stereocenters. The Hall–Kier alpha value is -2.80. The Morgan fingerprint density at radius 3 is 2.67 bits per heavy atom. The number of nitrogens with zero attached hydrogens (tertiary/aromatic N) is 3. The summed E-state index contributed by atoms with van der Waals surface area (Å²) in [6, 6.07) is 10.1. The molecule has 2 bridgehead atoms. The van der Waals surface area contributed by atoms with Crippen LogP contribution in [-0.4, -0.2) is 39.5 Å². The minimum Gasteiger partial charge on any atom is -0.472 e. The van der Waals surface area contributed by atoms with Crippen molar-refractivity contribution in [3.8, 4) is 16.3 Å². The van der Waals surface area contributed by atoms with Crippen LogP contribution < -0.4 is 4.74 Å². The molecular weight excluding hydrogens is 401 g/mol. The molecule has 2 aliphatic rings.